The SMILES string of the molecule is Cc1c(O)ccc(-c2nnc3c4ccccc4cnn23)c1O. The van der Waals surface area contributed by atoms with Crippen LogP contribution >= 0.6 is 0 Å². The van der Waals surface area contributed by atoms with Crippen molar-refractivity contribution in [3.8, 4) is 22.9 Å². The molecule has 0 aliphatic heterocycles. The van der Waals surface area contributed by atoms with Crippen molar-refractivity contribution in [2.24, 2.45) is 0 Å². The summed E-state index contributed by atoms with van der Waals surface area (Å²) in [5.74, 6) is 0.444. The molecule has 2 aromatic heterocycles. The number of benzene rings is 2. The number of rotatable bonds is 1. The number of aromatic nitrogens is 4. The Morgan fingerprint density at radius 1 is 1.00 bits per heavy atom. The second-order valence-electron chi connectivity index (χ2n) is 5.10. The second kappa shape index (κ2) is 4.42. The lowest BCUT2D eigenvalue weighted by atomic mass is 10.1. The van der Waals surface area contributed by atoms with Crippen molar-refractivity contribution in [2.75, 3.05) is 0 Å². The lowest BCUT2D eigenvalue weighted by Gasteiger charge is -2.07. The fourth-order valence-electron chi connectivity index (χ4n) is 2.53. The zero-order valence-electron chi connectivity index (χ0n) is 11.7. The van der Waals surface area contributed by atoms with Gasteiger partial charge in [-0.05, 0) is 19.1 Å². The van der Waals surface area contributed by atoms with Gasteiger partial charge in [-0.2, -0.15) is 9.61 Å². The van der Waals surface area contributed by atoms with Crippen LogP contribution in [0.2, 0.25) is 0 Å². The minimum Gasteiger partial charge on any atom is -0.508 e. The Morgan fingerprint density at radius 3 is 2.68 bits per heavy atom. The van der Waals surface area contributed by atoms with Gasteiger partial charge < -0.3 is 10.2 Å². The summed E-state index contributed by atoms with van der Waals surface area (Å²) >= 11 is 0. The van der Waals surface area contributed by atoms with E-state index in [-0.39, 0.29) is 11.5 Å². The molecule has 6 nitrogen and oxygen atoms in total. The van der Waals surface area contributed by atoms with Crippen LogP contribution in [0.15, 0.2) is 42.6 Å². The van der Waals surface area contributed by atoms with E-state index in [9.17, 15) is 10.2 Å². The first-order valence-corrected chi connectivity index (χ1v) is 6.78. The van der Waals surface area contributed by atoms with Gasteiger partial charge in [-0.15, -0.1) is 10.2 Å². The summed E-state index contributed by atoms with van der Waals surface area (Å²) in [6.07, 6.45) is 1.74. The average Bonchev–Trinajstić information content (AvgIpc) is 2.97. The van der Waals surface area contributed by atoms with Crippen LogP contribution in [-0.2, 0) is 0 Å². The first-order chi connectivity index (χ1) is 10.7. The number of fused-ring (bicyclic) bond motifs is 3. The minimum atomic E-state index is -0.0238. The predicted octanol–water partition coefficient (Wildman–Crippen LogP) is 2.66. The molecule has 0 saturated carbocycles. The van der Waals surface area contributed by atoms with Gasteiger partial charge >= 0.3 is 0 Å². The number of nitrogens with zero attached hydrogens (tertiary/aromatic N) is 4. The van der Waals surface area contributed by atoms with Gasteiger partial charge in [-0.1, -0.05) is 24.3 Å². The summed E-state index contributed by atoms with van der Waals surface area (Å²) in [7, 11) is 0. The van der Waals surface area contributed by atoms with E-state index in [4.69, 9.17) is 0 Å². The highest BCUT2D eigenvalue weighted by atomic mass is 16.3. The molecule has 0 bridgehead atoms. The first kappa shape index (κ1) is 12.6. The highest BCUT2D eigenvalue weighted by Gasteiger charge is 2.17. The second-order valence-corrected chi connectivity index (χ2v) is 5.10. The van der Waals surface area contributed by atoms with E-state index in [2.05, 4.69) is 15.3 Å². The maximum Gasteiger partial charge on any atom is 0.189 e. The highest BCUT2D eigenvalue weighted by molar-refractivity contribution is 5.93. The average molecular weight is 292 g/mol. The molecule has 0 radical (unpaired) electrons. The quantitative estimate of drug-likeness (QED) is 0.563. The van der Waals surface area contributed by atoms with Crippen molar-refractivity contribution in [2.45, 2.75) is 6.92 Å². The van der Waals surface area contributed by atoms with Gasteiger partial charge in [-0.3, -0.25) is 0 Å². The molecule has 0 spiro atoms. The van der Waals surface area contributed by atoms with Gasteiger partial charge in [0.1, 0.15) is 11.5 Å². The third-order valence-electron chi connectivity index (χ3n) is 3.80. The van der Waals surface area contributed by atoms with E-state index >= 15 is 0 Å². The van der Waals surface area contributed by atoms with E-state index < -0.39 is 0 Å². The zero-order chi connectivity index (χ0) is 15.3. The molecule has 6 heteroatoms. The molecule has 4 aromatic rings. The summed E-state index contributed by atoms with van der Waals surface area (Å²) in [5.41, 5.74) is 1.50. The van der Waals surface area contributed by atoms with Crippen LogP contribution in [-0.4, -0.2) is 30.0 Å². The van der Waals surface area contributed by atoms with Gasteiger partial charge in [0.25, 0.3) is 0 Å². The van der Waals surface area contributed by atoms with Crippen molar-refractivity contribution in [1.82, 2.24) is 19.8 Å². The summed E-state index contributed by atoms with van der Waals surface area (Å²) in [6.45, 7) is 1.64. The molecule has 0 amide bonds. The van der Waals surface area contributed by atoms with Gasteiger partial charge in [-0.25, -0.2) is 0 Å². The van der Waals surface area contributed by atoms with Crippen LogP contribution in [0.3, 0.4) is 0 Å². The lowest BCUT2D eigenvalue weighted by molar-refractivity contribution is 0.444. The van der Waals surface area contributed by atoms with Crippen LogP contribution in [0.25, 0.3) is 27.8 Å². The normalized spacial score (nSPS) is 11.3. The van der Waals surface area contributed by atoms with Crippen molar-refractivity contribution >= 4 is 16.4 Å². The van der Waals surface area contributed by atoms with Crippen molar-refractivity contribution < 1.29 is 10.2 Å². The van der Waals surface area contributed by atoms with Gasteiger partial charge in [0.15, 0.2) is 11.5 Å². The number of hydrogen-bond acceptors (Lipinski definition) is 5. The van der Waals surface area contributed by atoms with E-state index in [1.54, 1.807) is 23.7 Å². The van der Waals surface area contributed by atoms with Crippen molar-refractivity contribution in [1.29, 1.82) is 0 Å². The fourth-order valence-corrected chi connectivity index (χ4v) is 2.53. The van der Waals surface area contributed by atoms with Crippen LogP contribution in [0.1, 0.15) is 5.56 Å². The Bertz CT molecular complexity index is 1020. The standard InChI is InChI=1S/C16H12N4O2/c1-9-13(21)7-6-12(14(9)22)16-19-18-15-11-5-3-2-4-10(11)8-17-20(15)16/h2-8,21-22H,1H3. The molecule has 2 heterocycles. The number of phenolic OH excluding ortho intramolecular Hbond substituents is 2. The Morgan fingerprint density at radius 2 is 1.82 bits per heavy atom. The van der Waals surface area contributed by atoms with Gasteiger partial charge in [0, 0.05) is 16.3 Å². The predicted molar refractivity (Wildman–Crippen MR) is 81.8 cm³/mol. The van der Waals surface area contributed by atoms with E-state index in [1.165, 1.54) is 6.07 Å². The third kappa shape index (κ3) is 1.64. The fraction of sp³-hybridized carbons (Fsp3) is 0.0625. The molecule has 0 aliphatic rings. The zero-order valence-corrected chi connectivity index (χ0v) is 11.7. The summed E-state index contributed by atoms with van der Waals surface area (Å²) in [6, 6.07) is 10.9. The minimum absolute atomic E-state index is 0.0238. The molecule has 2 aromatic carbocycles. The third-order valence-corrected chi connectivity index (χ3v) is 3.80. The topological polar surface area (TPSA) is 83.5 Å². The molecule has 0 saturated heterocycles. The number of phenols is 2. The Kier molecular flexibility index (Phi) is 2.53. The smallest absolute Gasteiger partial charge is 0.189 e. The van der Waals surface area contributed by atoms with Crippen LogP contribution in [0, 0.1) is 6.92 Å². The molecule has 0 aliphatic carbocycles. The van der Waals surface area contributed by atoms with Crippen LogP contribution in [0.5, 0.6) is 11.5 Å². The Hall–Kier alpha value is -3.15. The first-order valence-electron chi connectivity index (χ1n) is 6.78. The molecule has 108 valence electrons. The monoisotopic (exact) mass is 292 g/mol. The molecule has 0 fully saturated rings. The van der Waals surface area contributed by atoms with Crippen molar-refractivity contribution in [3.63, 3.8) is 0 Å². The van der Waals surface area contributed by atoms with Gasteiger partial charge in [0.2, 0.25) is 0 Å². The maximum absolute atomic E-state index is 10.3. The summed E-state index contributed by atoms with van der Waals surface area (Å²) in [4.78, 5) is 0. The van der Waals surface area contributed by atoms with Crippen molar-refractivity contribution in [3.05, 3.63) is 48.2 Å². The molecular weight excluding hydrogens is 280 g/mol. The number of hydrogen-bond donors (Lipinski definition) is 2. The maximum atomic E-state index is 10.3. The molecule has 0 unspecified atom stereocenters. The van der Waals surface area contributed by atoms with E-state index in [0.29, 0.717) is 22.6 Å². The van der Waals surface area contributed by atoms with Crippen LogP contribution < -0.4 is 0 Å². The van der Waals surface area contributed by atoms with Crippen LogP contribution in [0.4, 0.5) is 0 Å². The van der Waals surface area contributed by atoms with Gasteiger partial charge in [0.05, 0.1) is 11.8 Å². The molecule has 0 atom stereocenters. The Labute approximate surface area is 125 Å². The highest BCUT2D eigenvalue weighted by Crippen LogP contribution is 2.35. The lowest BCUT2D eigenvalue weighted by Crippen LogP contribution is -1.96. The number of aromatic hydroxyl groups is 2. The summed E-state index contributed by atoms with van der Waals surface area (Å²) < 4.78 is 1.59. The molecule has 22 heavy (non-hydrogen) atoms. The van der Waals surface area contributed by atoms with E-state index in [0.717, 1.165) is 10.8 Å². The van der Waals surface area contributed by atoms with E-state index in [1.807, 2.05) is 24.3 Å². The molecule has 4 rings (SSSR count). The largest absolute Gasteiger partial charge is 0.508 e. The Balaban J connectivity index is 2.05. The molecular formula is C16H12N4O2. The summed E-state index contributed by atoms with van der Waals surface area (Å²) in [5, 5.41) is 34.5. The molecule has 2 N–H and O–H groups in total.